The SMILES string of the molecule is CCc1c(N)cc(Cl)c(CC)c1NC(=O)N(c1ccc(C(C)C)cc1)C1CCCc2ccccc21. The topological polar surface area (TPSA) is 58.4 Å². The molecule has 0 aromatic heterocycles. The Bertz CT molecular complexity index is 1170. The number of carbonyl (C=O) groups is 1. The molecule has 4 rings (SSSR count). The third-order valence-electron chi connectivity index (χ3n) is 7.17. The number of hydrogen-bond donors (Lipinski definition) is 2. The van der Waals surface area contributed by atoms with Crippen LogP contribution in [0.15, 0.2) is 54.6 Å². The van der Waals surface area contributed by atoms with Gasteiger partial charge in [-0.2, -0.15) is 0 Å². The zero-order valence-electron chi connectivity index (χ0n) is 21.2. The summed E-state index contributed by atoms with van der Waals surface area (Å²) in [4.78, 5) is 16.1. The fraction of sp³-hybridized carbons (Fsp3) is 0.367. The van der Waals surface area contributed by atoms with Crippen molar-refractivity contribution in [1.29, 1.82) is 0 Å². The third kappa shape index (κ3) is 5.04. The highest BCUT2D eigenvalue weighted by Gasteiger charge is 2.31. The highest BCUT2D eigenvalue weighted by molar-refractivity contribution is 6.32. The number of urea groups is 1. The first-order valence-electron chi connectivity index (χ1n) is 12.7. The van der Waals surface area contributed by atoms with Crippen LogP contribution in [0.25, 0.3) is 0 Å². The Labute approximate surface area is 214 Å². The van der Waals surface area contributed by atoms with Gasteiger partial charge in [-0.05, 0) is 84.0 Å². The van der Waals surface area contributed by atoms with Gasteiger partial charge in [-0.15, -0.1) is 0 Å². The van der Waals surface area contributed by atoms with Crippen molar-refractivity contribution in [3.05, 3.63) is 87.4 Å². The number of nitrogens with one attached hydrogen (secondary N) is 1. The molecular weight excluding hydrogens is 454 g/mol. The van der Waals surface area contributed by atoms with Crippen LogP contribution < -0.4 is 16.0 Å². The standard InChI is InChI=1S/C30H36ClN3O/c1-5-23-26(31)18-27(32)24(6-2)29(23)33-30(35)34(22-16-14-20(15-17-22)19(3)4)28-13-9-11-21-10-7-8-12-25(21)28/h7-8,10,12,14-19,28H,5-6,9,11,13,32H2,1-4H3,(H,33,35). The van der Waals surface area contributed by atoms with Crippen molar-refractivity contribution in [2.75, 3.05) is 16.0 Å². The number of nitrogens with zero attached hydrogens (tertiary/aromatic N) is 1. The molecule has 0 saturated heterocycles. The molecule has 4 nitrogen and oxygen atoms in total. The summed E-state index contributed by atoms with van der Waals surface area (Å²) in [7, 11) is 0. The van der Waals surface area contributed by atoms with E-state index in [4.69, 9.17) is 17.3 Å². The molecule has 1 atom stereocenters. The van der Waals surface area contributed by atoms with Gasteiger partial charge in [0, 0.05) is 16.4 Å². The monoisotopic (exact) mass is 489 g/mol. The van der Waals surface area contributed by atoms with Crippen LogP contribution in [0.4, 0.5) is 21.9 Å². The summed E-state index contributed by atoms with van der Waals surface area (Å²) < 4.78 is 0. The van der Waals surface area contributed by atoms with Gasteiger partial charge in [0.05, 0.1) is 11.7 Å². The van der Waals surface area contributed by atoms with Gasteiger partial charge in [-0.1, -0.05) is 75.7 Å². The molecule has 0 fully saturated rings. The molecule has 0 bridgehead atoms. The number of fused-ring (bicyclic) bond motifs is 1. The van der Waals surface area contributed by atoms with Gasteiger partial charge in [-0.25, -0.2) is 4.79 Å². The van der Waals surface area contributed by atoms with E-state index >= 15 is 0 Å². The molecule has 5 heteroatoms. The number of aryl methyl sites for hydroxylation is 1. The highest BCUT2D eigenvalue weighted by Crippen LogP contribution is 2.39. The number of anilines is 3. The quantitative estimate of drug-likeness (QED) is 0.342. The second kappa shape index (κ2) is 10.7. The Morgan fingerprint density at radius 2 is 1.77 bits per heavy atom. The third-order valence-corrected chi connectivity index (χ3v) is 7.50. The van der Waals surface area contributed by atoms with E-state index in [0.717, 1.165) is 41.8 Å². The van der Waals surface area contributed by atoms with Crippen molar-refractivity contribution >= 4 is 34.7 Å². The van der Waals surface area contributed by atoms with Crippen LogP contribution >= 0.6 is 11.6 Å². The number of amides is 2. The Morgan fingerprint density at radius 1 is 1.09 bits per heavy atom. The zero-order chi connectivity index (χ0) is 25.1. The molecule has 3 aromatic rings. The van der Waals surface area contributed by atoms with Crippen molar-refractivity contribution in [1.82, 2.24) is 0 Å². The average Bonchev–Trinajstić information content (AvgIpc) is 2.85. The van der Waals surface area contributed by atoms with E-state index in [1.165, 1.54) is 16.7 Å². The summed E-state index contributed by atoms with van der Waals surface area (Å²) >= 11 is 6.56. The summed E-state index contributed by atoms with van der Waals surface area (Å²) in [6.07, 6.45) is 4.41. The maximum atomic E-state index is 14.1. The van der Waals surface area contributed by atoms with Crippen LogP contribution in [0.2, 0.25) is 5.02 Å². The number of carbonyl (C=O) groups excluding carboxylic acids is 1. The highest BCUT2D eigenvalue weighted by atomic mass is 35.5. The van der Waals surface area contributed by atoms with E-state index in [2.05, 4.69) is 74.6 Å². The summed E-state index contributed by atoms with van der Waals surface area (Å²) in [5, 5.41) is 3.84. The van der Waals surface area contributed by atoms with E-state index in [1.54, 1.807) is 6.07 Å². The molecule has 0 spiro atoms. The smallest absolute Gasteiger partial charge is 0.326 e. The number of nitrogens with two attached hydrogens (primary N) is 1. The number of benzene rings is 3. The lowest BCUT2D eigenvalue weighted by Crippen LogP contribution is -2.40. The molecule has 0 heterocycles. The molecule has 1 aliphatic rings. The Hall–Kier alpha value is -2.98. The van der Waals surface area contributed by atoms with Gasteiger partial charge in [0.2, 0.25) is 0 Å². The Morgan fingerprint density at radius 3 is 2.43 bits per heavy atom. The number of rotatable bonds is 6. The molecule has 3 aromatic carbocycles. The largest absolute Gasteiger partial charge is 0.398 e. The Kier molecular flexibility index (Phi) is 7.71. The second-order valence-electron chi connectivity index (χ2n) is 9.64. The first kappa shape index (κ1) is 25.1. The fourth-order valence-electron chi connectivity index (χ4n) is 5.26. The lowest BCUT2D eigenvalue weighted by atomic mass is 9.86. The number of nitrogen functional groups attached to an aromatic ring is 1. The van der Waals surface area contributed by atoms with Crippen molar-refractivity contribution in [2.45, 2.75) is 71.8 Å². The van der Waals surface area contributed by atoms with Gasteiger partial charge in [0.25, 0.3) is 0 Å². The maximum Gasteiger partial charge on any atom is 0.326 e. The van der Waals surface area contributed by atoms with Gasteiger partial charge in [0.15, 0.2) is 0 Å². The molecular formula is C30H36ClN3O. The van der Waals surface area contributed by atoms with Crippen LogP contribution in [-0.4, -0.2) is 6.03 Å². The van der Waals surface area contributed by atoms with Crippen molar-refractivity contribution in [2.24, 2.45) is 0 Å². The van der Waals surface area contributed by atoms with Gasteiger partial charge < -0.3 is 11.1 Å². The van der Waals surface area contributed by atoms with E-state index < -0.39 is 0 Å². The Balaban J connectivity index is 1.80. The first-order chi connectivity index (χ1) is 16.8. The molecule has 0 saturated carbocycles. The van der Waals surface area contributed by atoms with Crippen molar-refractivity contribution < 1.29 is 4.79 Å². The molecule has 0 aliphatic heterocycles. The molecule has 35 heavy (non-hydrogen) atoms. The molecule has 0 radical (unpaired) electrons. The van der Waals surface area contributed by atoms with Crippen molar-refractivity contribution in [3.8, 4) is 0 Å². The van der Waals surface area contributed by atoms with Crippen LogP contribution in [-0.2, 0) is 19.3 Å². The lowest BCUT2D eigenvalue weighted by molar-refractivity contribution is 0.254. The summed E-state index contributed by atoms with van der Waals surface area (Å²) in [6.45, 7) is 8.46. The first-order valence-corrected chi connectivity index (χ1v) is 13.1. The number of hydrogen-bond acceptors (Lipinski definition) is 2. The summed E-state index contributed by atoms with van der Waals surface area (Å²) in [5.74, 6) is 0.426. The molecule has 2 amide bonds. The minimum atomic E-state index is -0.157. The van der Waals surface area contributed by atoms with Gasteiger partial charge >= 0.3 is 6.03 Å². The van der Waals surface area contributed by atoms with E-state index in [0.29, 0.717) is 29.5 Å². The zero-order valence-corrected chi connectivity index (χ0v) is 22.0. The van der Waals surface area contributed by atoms with Crippen LogP contribution in [0.1, 0.15) is 80.3 Å². The van der Waals surface area contributed by atoms with E-state index in [-0.39, 0.29) is 12.1 Å². The lowest BCUT2D eigenvalue weighted by Gasteiger charge is -2.36. The maximum absolute atomic E-state index is 14.1. The van der Waals surface area contributed by atoms with E-state index in [1.807, 2.05) is 11.8 Å². The van der Waals surface area contributed by atoms with Crippen LogP contribution in [0.5, 0.6) is 0 Å². The van der Waals surface area contributed by atoms with Crippen molar-refractivity contribution in [3.63, 3.8) is 0 Å². The normalized spacial score (nSPS) is 15.1. The minimum absolute atomic E-state index is 0.0449. The van der Waals surface area contributed by atoms with Crippen LogP contribution in [0.3, 0.4) is 0 Å². The second-order valence-corrected chi connectivity index (χ2v) is 10.0. The van der Waals surface area contributed by atoms with Gasteiger partial charge in [0.1, 0.15) is 0 Å². The summed E-state index contributed by atoms with van der Waals surface area (Å²) in [5.41, 5.74) is 14.2. The summed E-state index contributed by atoms with van der Waals surface area (Å²) in [6, 6.07) is 18.5. The predicted octanol–water partition coefficient (Wildman–Crippen LogP) is 8.29. The van der Waals surface area contributed by atoms with Gasteiger partial charge in [-0.3, -0.25) is 4.90 Å². The predicted molar refractivity (Wildman–Crippen MR) is 149 cm³/mol. The van der Waals surface area contributed by atoms with Crippen LogP contribution in [0, 0.1) is 0 Å². The molecule has 184 valence electrons. The van der Waals surface area contributed by atoms with E-state index in [9.17, 15) is 4.79 Å². The molecule has 1 aliphatic carbocycles. The fourth-order valence-corrected chi connectivity index (χ4v) is 5.60. The average molecular weight is 490 g/mol. The minimum Gasteiger partial charge on any atom is -0.398 e. The molecule has 1 unspecified atom stereocenters. The number of halogens is 1. The molecule has 3 N–H and O–H groups in total.